The Bertz CT molecular complexity index is 466. The lowest BCUT2D eigenvalue weighted by atomic mass is 9.78. The van der Waals surface area contributed by atoms with Gasteiger partial charge in [0.25, 0.3) is 0 Å². The van der Waals surface area contributed by atoms with Crippen molar-refractivity contribution < 1.29 is 4.39 Å². The quantitative estimate of drug-likeness (QED) is 0.913. The summed E-state index contributed by atoms with van der Waals surface area (Å²) in [5.74, 6) is -0.0318. The van der Waals surface area contributed by atoms with Crippen LogP contribution >= 0.6 is 0 Å². The first-order valence-corrected chi connectivity index (χ1v) is 7.92. The van der Waals surface area contributed by atoms with Crippen LogP contribution in [0.25, 0.3) is 0 Å². The van der Waals surface area contributed by atoms with Crippen molar-refractivity contribution in [2.24, 2.45) is 5.41 Å². The molecule has 2 nitrogen and oxygen atoms in total. The first-order valence-electron chi connectivity index (χ1n) is 7.92. The fourth-order valence-corrected chi connectivity index (χ4v) is 3.86. The molecule has 20 heavy (non-hydrogen) atoms. The van der Waals surface area contributed by atoms with Gasteiger partial charge in [-0.1, -0.05) is 19.1 Å². The van der Waals surface area contributed by atoms with Gasteiger partial charge in [-0.15, -0.1) is 0 Å². The van der Waals surface area contributed by atoms with Crippen LogP contribution in [-0.2, 0) is 13.0 Å². The molecule has 0 amide bonds. The lowest BCUT2D eigenvalue weighted by Gasteiger charge is -2.34. The topological polar surface area (TPSA) is 15.3 Å². The van der Waals surface area contributed by atoms with Gasteiger partial charge in [-0.3, -0.25) is 4.90 Å². The van der Waals surface area contributed by atoms with Gasteiger partial charge in [-0.2, -0.15) is 0 Å². The third-order valence-electron chi connectivity index (χ3n) is 5.16. The van der Waals surface area contributed by atoms with E-state index in [4.69, 9.17) is 0 Å². The molecule has 0 aliphatic carbocycles. The van der Waals surface area contributed by atoms with Gasteiger partial charge in [0.1, 0.15) is 5.82 Å². The largest absolute Gasteiger partial charge is 0.317 e. The molecule has 3 rings (SSSR count). The average molecular weight is 276 g/mol. The van der Waals surface area contributed by atoms with Crippen molar-refractivity contribution >= 4 is 0 Å². The normalized spacial score (nSPS) is 22.5. The molecule has 0 aromatic heterocycles. The molecule has 0 saturated carbocycles. The average Bonchev–Trinajstić information content (AvgIpc) is 2.84. The van der Waals surface area contributed by atoms with Gasteiger partial charge in [0, 0.05) is 18.7 Å². The summed E-state index contributed by atoms with van der Waals surface area (Å²) in [6.45, 7) is 7.45. The summed E-state index contributed by atoms with van der Waals surface area (Å²) in [5, 5.41) is 3.45. The number of nitrogens with zero attached hydrogens (tertiary/aromatic N) is 1. The molecule has 1 spiro atoms. The Morgan fingerprint density at radius 3 is 2.80 bits per heavy atom. The summed E-state index contributed by atoms with van der Waals surface area (Å²) in [4.78, 5) is 2.46. The van der Waals surface area contributed by atoms with E-state index < -0.39 is 0 Å². The van der Waals surface area contributed by atoms with Gasteiger partial charge in [0.15, 0.2) is 0 Å². The monoisotopic (exact) mass is 276 g/mol. The highest BCUT2D eigenvalue weighted by Gasteiger charge is 2.38. The summed E-state index contributed by atoms with van der Waals surface area (Å²) in [6.07, 6.45) is 4.75. The first-order chi connectivity index (χ1) is 9.72. The lowest BCUT2D eigenvalue weighted by Crippen LogP contribution is -2.38. The Hall–Kier alpha value is -0.930. The van der Waals surface area contributed by atoms with Crippen molar-refractivity contribution in [3.8, 4) is 0 Å². The molecule has 1 N–H and O–H groups in total. The fraction of sp³-hybridized carbons (Fsp3) is 0.647. The van der Waals surface area contributed by atoms with Crippen LogP contribution in [0.15, 0.2) is 18.2 Å². The summed E-state index contributed by atoms with van der Waals surface area (Å²) < 4.78 is 14.1. The summed E-state index contributed by atoms with van der Waals surface area (Å²) in [7, 11) is 0. The molecule has 2 aliphatic rings. The van der Waals surface area contributed by atoms with E-state index in [2.05, 4.69) is 23.2 Å². The maximum absolute atomic E-state index is 14.1. The minimum absolute atomic E-state index is 0.0318. The zero-order chi connectivity index (χ0) is 14.0. The van der Waals surface area contributed by atoms with Crippen molar-refractivity contribution in [1.29, 1.82) is 0 Å². The highest BCUT2D eigenvalue weighted by molar-refractivity contribution is 5.28. The Labute approximate surface area is 121 Å². The van der Waals surface area contributed by atoms with E-state index in [0.29, 0.717) is 5.41 Å². The van der Waals surface area contributed by atoms with E-state index >= 15 is 0 Å². The molecule has 1 aromatic carbocycles. The standard InChI is InChI=1S/C17H25FN2/c1-2-14-4-3-5-16(18)15(14)12-20-11-8-17(13-20)6-9-19-10-7-17/h3-5,19H,2,6-13H2,1H3. The van der Waals surface area contributed by atoms with E-state index in [1.807, 2.05) is 6.07 Å². The van der Waals surface area contributed by atoms with E-state index in [-0.39, 0.29) is 5.82 Å². The fourth-order valence-electron chi connectivity index (χ4n) is 3.86. The zero-order valence-corrected chi connectivity index (χ0v) is 12.4. The molecule has 3 heteroatoms. The second-order valence-corrected chi connectivity index (χ2v) is 6.44. The van der Waals surface area contributed by atoms with Crippen LogP contribution in [0.4, 0.5) is 4.39 Å². The van der Waals surface area contributed by atoms with Gasteiger partial charge in [-0.25, -0.2) is 4.39 Å². The van der Waals surface area contributed by atoms with Gasteiger partial charge in [0.2, 0.25) is 0 Å². The molecule has 0 bridgehead atoms. The highest BCUT2D eigenvalue weighted by Crippen LogP contribution is 2.39. The van der Waals surface area contributed by atoms with Crippen molar-refractivity contribution in [1.82, 2.24) is 10.2 Å². The number of nitrogens with one attached hydrogen (secondary N) is 1. The van der Waals surface area contributed by atoms with Crippen LogP contribution in [0.5, 0.6) is 0 Å². The van der Waals surface area contributed by atoms with Gasteiger partial charge >= 0.3 is 0 Å². The number of hydrogen-bond acceptors (Lipinski definition) is 2. The van der Waals surface area contributed by atoms with Crippen LogP contribution < -0.4 is 5.32 Å². The smallest absolute Gasteiger partial charge is 0.127 e. The third-order valence-corrected chi connectivity index (χ3v) is 5.16. The van der Waals surface area contributed by atoms with Crippen molar-refractivity contribution in [3.63, 3.8) is 0 Å². The predicted octanol–water partition coefficient (Wildman–Crippen LogP) is 2.96. The minimum Gasteiger partial charge on any atom is -0.317 e. The van der Waals surface area contributed by atoms with Gasteiger partial charge in [-0.05, 0) is 62.4 Å². The Morgan fingerprint density at radius 2 is 2.05 bits per heavy atom. The maximum Gasteiger partial charge on any atom is 0.127 e. The number of piperidine rings is 1. The van der Waals surface area contributed by atoms with Crippen molar-refractivity contribution in [2.75, 3.05) is 26.2 Å². The van der Waals surface area contributed by atoms with Crippen LogP contribution in [-0.4, -0.2) is 31.1 Å². The number of aryl methyl sites for hydroxylation is 1. The van der Waals surface area contributed by atoms with Crippen molar-refractivity contribution in [3.05, 3.63) is 35.1 Å². The van der Waals surface area contributed by atoms with Crippen LogP contribution in [0, 0.1) is 11.2 Å². The molecule has 2 heterocycles. The minimum atomic E-state index is -0.0318. The lowest BCUT2D eigenvalue weighted by molar-refractivity contribution is 0.193. The van der Waals surface area contributed by atoms with E-state index in [1.54, 1.807) is 6.07 Å². The van der Waals surface area contributed by atoms with Crippen molar-refractivity contribution in [2.45, 2.75) is 39.2 Å². The van der Waals surface area contributed by atoms with Crippen LogP contribution in [0.1, 0.15) is 37.3 Å². The van der Waals surface area contributed by atoms with Gasteiger partial charge < -0.3 is 5.32 Å². The molecular formula is C17H25FN2. The number of hydrogen-bond donors (Lipinski definition) is 1. The number of rotatable bonds is 3. The second-order valence-electron chi connectivity index (χ2n) is 6.44. The Kier molecular flexibility index (Phi) is 4.08. The zero-order valence-electron chi connectivity index (χ0n) is 12.4. The van der Waals surface area contributed by atoms with Gasteiger partial charge in [0.05, 0.1) is 0 Å². The first kappa shape index (κ1) is 14.0. The number of benzene rings is 1. The molecular weight excluding hydrogens is 251 g/mol. The van der Waals surface area contributed by atoms with E-state index in [0.717, 1.165) is 50.3 Å². The summed E-state index contributed by atoms with van der Waals surface area (Å²) in [5.41, 5.74) is 2.58. The molecule has 2 aliphatic heterocycles. The van der Waals surface area contributed by atoms with Crippen LogP contribution in [0.3, 0.4) is 0 Å². The number of likely N-dealkylation sites (tertiary alicyclic amines) is 1. The maximum atomic E-state index is 14.1. The van der Waals surface area contributed by atoms with E-state index in [1.165, 1.54) is 19.3 Å². The Balaban J connectivity index is 1.70. The molecule has 1 aromatic rings. The molecule has 0 atom stereocenters. The Morgan fingerprint density at radius 1 is 1.25 bits per heavy atom. The molecule has 0 unspecified atom stereocenters. The predicted molar refractivity (Wildman–Crippen MR) is 80.2 cm³/mol. The second kappa shape index (κ2) is 5.82. The van der Waals surface area contributed by atoms with E-state index in [9.17, 15) is 4.39 Å². The molecule has 2 saturated heterocycles. The molecule has 0 radical (unpaired) electrons. The molecule has 110 valence electrons. The number of halogens is 1. The summed E-state index contributed by atoms with van der Waals surface area (Å²) in [6, 6.07) is 5.50. The SMILES string of the molecule is CCc1cccc(F)c1CN1CCC2(CCNCC2)C1. The highest BCUT2D eigenvalue weighted by atomic mass is 19.1. The van der Waals surface area contributed by atoms with Crippen LogP contribution in [0.2, 0.25) is 0 Å². The summed E-state index contributed by atoms with van der Waals surface area (Å²) >= 11 is 0. The third kappa shape index (κ3) is 2.75. The molecule has 2 fully saturated rings.